The number of hydrogen-bond acceptors (Lipinski definition) is 5. The zero-order valence-corrected chi connectivity index (χ0v) is 11.1. The molecule has 19 heavy (non-hydrogen) atoms. The van der Waals surface area contributed by atoms with E-state index in [0.717, 1.165) is 25.9 Å². The molecule has 1 fully saturated rings. The first-order valence-corrected chi connectivity index (χ1v) is 6.43. The summed E-state index contributed by atoms with van der Waals surface area (Å²) in [4.78, 5) is 11.8. The number of methoxy groups -OCH3 is 1. The molecule has 104 valence electrons. The Morgan fingerprint density at radius 1 is 1.53 bits per heavy atom. The van der Waals surface area contributed by atoms with Crippen molar-refractivity contribution in [2.24, 2.45) is 0 Å². The maximum absolute atomic E-state index is 11.8. The van der Waals surface area contributed by atoms with Gasteiger partial charge in [0.15, 0.2) is 0 Å². The highest BCUT2D eigenvalue weighted by molar-refractivity contribution is 5.90. The summed E-state index contributed by atoms with van der Waals surface area (Å²) in [7, 11) is 1.51. The molecule has 2 N–H and O–H groups in total. The van der Waals surface area contributed by atoms with E-state index in [-0.39, 0.29) is 12.1 Å². The molecule has 0 aromatic heterocycles. The predicted octanol–water partition coefficient (Wildman–Crippen LogP) is 2.00. The molecule has 0 spiro atoms. The van der Waals surface area contributed by atoms with Crippen molar-refractivity contribution < 1.29 is 19.0 Å². The number of hydrogen-bond donors (Lipinski definition) is 1. The largest absolute Gasteiger partial charge is 0.495 e. The first-order chi connectivity index (χ1) is 9.20. The highest BCUT2D eigenvalue weighted by Crippen LogP contribution is 2.22. The second-order valence-electron chi connectivity index (χ2n) is 4.52. The van der Waals surface area contributed by atoms with E-state index in [1.165, 1.54) is 7.11 Å². The van der Waals surface area contributed by atoms with Gasteiger partial charge in [0.2, 0.25) is 0 Å². The van der Waals surface area contributed by atoms with Gasteiger partial charge in [0.1, 0.15) is 5.75 Å². The van der Waals surface area contributed by atoms with Crippen LogP contribution in [0.2, 0.25) is 0 Å². The first-order valence-electron chi connectivity index (χ1n) is 6.43. The SMILES string of the molecule is COc1cc(C(=O)OCCC2CCCO2)ccc1N. The third-order valence-electron chi connectivity index (χ3n) is 3.17. The van der Waals surface area contributed by atoms with E-state index in [2.05, 4.69) is 0 Å². The molecular weight excluding hydrogens is 246 g/mol. The zero-order chi connectivity index (χ0) is 13.7. The van der Waals surface area contributed by atoms with E-state index in [1.54, 1.807) is 18.2 Å². The summed E-state index contributed by atoms with van der Waals surface area (Å²) in [6.07, 6.45) is 3.12. The van der Waals surface area contributed by atoms with Crippen LogP contribution in [-0.2, 0) is 9.47 Å². The van der Waals surface area contributed by atoms with Gasteiger partial charge in [-0.3, -0.25) is 0 Å². The van der Waals surface area contributed by atoms with Crippen LogP contribution in [-0.4, -0.2) is 32.4 Å². The number of esters is 1. The number of ether oxygens (including phenoxy) is 3. The lowest BCUT2D eigenvalue weighted by atomic mass is 10.2. The molecular formula is C14H19NO4. The predicted molar refractivity (Wildman–Crippen MR) is 71.3 cm³/mol. The number of nitrogen functional groups attached to an aromatic ring is 1. The Kier molecular flexibility index (Phi) is 4.63. The lowest BCUT2D eigenvalue weighted by Crippen LogP contribution is -2.13. The van der Waals surface area contributed by atoms with Crippen molar-refractivity contribution in [1.29, 1.82) is 0 Å². The highest BCUT2D eigenvalue weighted by atomic mass is 16.5. The van der Waals surface area contributed by atoms with Crippen LogP contribution in [0.15, 0.2) is 18.2 Å². The van der Waals surface area contributed by atoms with Crippen molar-refractivity contribution in [1.82, 2.24) is 0 Å². The number of nitrogens with two attached hydrogens (primary N) is 1. The monoisotopic (exact) mass is 265 g/mol. The van der Waals surface area contributed by atoms with Gasteiger partial charge in [0.05, 0.1) is 31.1 Å². The second-order valence-corrected chi connectivity index (χ2v) is 4.52. The van der Waals surface area contributed by atoms with Gasteiger partial charge in [-0.15, -0.1) is 0 Å². The van der Waals surface area contributed by atoms with Crippen LogP contribution in [0.4, 0.5) is 5.69 Å². The Morgan fingerprint density at radius 3 is 3.05 bits per heavy atom. The molecule has 2 rings (SSSR count). The Hall–Kier alpha value is -1.75. The van der Waals surface area contributed by atoms with Gasteiger partial charge in [-0.2, -0.15) is 0 Å². The van der Waals surface area contributed by atoms with Crippen molar-refractivity contribution in [3.63, 3.8) is 0 Å². The third-order valence-corrected chi connectivity index (χ3v) is 3.17. The van der Waals surface area contributed by atoms with E-state index >= 15 is 0 Å². The fourth-order valence-electron chi connectivity index (χ4n) is 2.08. The molecule has 0 saturated carbocycles. The number of benzene rings is 1. The molecule has 0 radical (unpaired) electrons. The molecule has 5 heteroatoms. The first kappa shape index (κ1) is 13.7. The van der Waals surface area contributed by atoms with E-state index in [0.29, 0.717) is 23.6 Å². The van der Waals surface area contributed by atoms with Crippen LogP contribution in [0.3, 0.4) is 0 Å². The van der Waals surface area contributed by atoms with E-state index < -0.39 is 0 Å². The molecule has 1 atom stereocenters. The average molecular weight is 265 g/mol. The molecule has 1 aliphatic rings. The lowest BCUT2D eigenvalue weighted by Gasteiger charge is -2.10. The standard InChI is InChI=1S/C14H19NO4/c1-17-13-9-10(4-5-12(13)15)14(16)19-8-6-11-3-2-7-18-11/h4-5,9,11H,2-3,6-8,15H2,1H3. The quantitative estimate of drug-likeness (QED) is 0.651. The maximum atomic E-state index is 11.8. The molecule has 1 aliphatic heterocycles. The van der Waals surface area contributed by atoms with E-state index in [1.807, 2.05) is 0 Å². The summed E-state index contributed by atoms with van der Waals surface area (Å²) in [5.41, 5.74) is 6.63. The molecule has 1 aromatic carbocycles. The molecule has 1 aromatic rings. The third kappa shape index (κ3) is 3.61. The topological polar surface area (TPSA) is 70.8 Å². The molecule has 5 nitrogen and oxygen atoms in total. The number of rotatable bonds is 5. The number of anilines is 1. The molecule has 1 saturated heterocycles. The van der Waals surface area contributed by atoms with E-state index in [4.69, 9.17) is 19.9 Å². The fourth-order valence-corrected chi connectivity index (χ4v) is 2.08. The molecule has 1 heterocycles. The molecule has 0 aliphatic carbocycles. The van der Waals surface area contributed by atoms with Crippen LogP contribution >= 0.6 is 0 Å². The summed E-state index contributed by atoms with van der Waals surface area (Å²) >= 11 is 0. The number of carbonyl (C=O) groups excluding carboxylic acids is 1. The summed E-state index contributed by atoms with van der Waals surface area (Å²) in [6.45, 7) is 1.18. The van der Waals surface area contributed by atoms with Crippen LogP contribution in [0.5, 0.6) is 5.75 Å². The highest BCUT2D eigenvalue weighted by Gasteiger charge is 2.16. The van der Waals surface area contributed by atoms with Gasteiger partial charge in [-0.1, -0.05) is 0 Å². The average Bonchev–Trinajstić information content (AvgIpc) is 2.92. The van der Waals surface area contributed by atoms with Crippen molar-refractivity contribution in [2.75, 3.05) is 26.1 Å². The van der Waals surface area contributed by atoms with Crippen LogP contribution < -0.4 is 10.5 Å². The number of carbonyl (C=O) groups is 1. The summed E-state index contributed by atoms with van der Waals surface area (Å²) < 4.78 is 15.7. The zero-order valence-electron chi connectivity index (χ0n) is 11.1. The van der Waals surface area contributed by atoms with Crippen molar-refractivity contribution >= 4 is 11.7 Å². The Morgan fingerprint density at radius 2 is 2.37 bits per heavy atom. The Bertz CT molecular complexity index is 441. The minimum Gasteiger partial charge on any atom is -0.495 e. The lowest BCUT2D eigenvalue weighted by molar-refractivity contribution is 0.0385. The molecule has 1 unspecified atom stereocenters. The van der Waals surface area contributed by atoms with Crippen LogP contribution in [0.1, 0.15) is 29.6 Å². The van der Waals surface area contributed by atoms with Gasteiger partial charge >= 0.3 is 5.97 Å². The van der Waals surface area contributed by atoms with Gasteiger partial charge in [-0.25, -0.2) is 4.79 Å². The van der Waals surface area contributed by atoms with Crippen molar-refractivity contribution in [2.45, 2.75) is 25.4 Å². The fraction of sp³-hybridized carbons (Fsp3) is 0.500. The summed E-state index contributed by atoms with van der Waals surface area (Å²) in [5.74, 6) is 0.116. The Balaban J connectivity index is 1.85. The Labute approximate surface area is 112 Å². The summed E-state index contributed by atoms with van der Waals surface area (Å²) in [5, 5.41) is 0. The van der Waals surface area contributed by atoms with Gasteiger partial charge in [0, 0.05) is 13.0 Å². The van der Waals surface area contributed by atoms with Gasteiger partial charge in [0.25, 0.3) is 0 Å². The van der Waals surface area contributed by atoms with Crippen LogP contribution in [0, 0.1) is 0 Å². The molecule has 0 amide bonds. The van der Waals surface area contributed by atoms with Gasteiger partial charge in [-0.05, 0) is 31.0 Å². The van der Waals surface area contributed by atoms with E-state index in [9.17, 15) is 4.79 Å². The second kappa shape index (κ2) is 6.43. The van der Waals surface area contributed by atoms with Gasteiger partial charge < -0.3 is 19.9 Å². The maximum Gasteiger partial charge on any atom is 0.338 e. The smallest absolute Gasteiger partial charge is 0.338 e. The molecule has 0 bridgehead atoms. The minimum atomic E-state index is -0.365. The van der Waals surface area contributed by atoms with Crippen LogP contribution in [0.25, 0.3) is 0 Å². The van der Waals surface area contributed by atoms with Crippen molar-refractivity contribution in [3.8, 4) is 5.75 Å². The van der Waals surface area contributed by atoms with Crippen molar-refractivity contribution in [3.05, 3.63) is 23.8 Å². The normalized spacial score (nSPS) is 18.3. The summed E-state index contributed by atoms with van der Waals surface area (Å²) in [6, 6.07) is 4.85. The minimum absolute atomic E-state index is 0.230.